The smallest absolute Gasteiger partial charge is 0.328 e. The minimum atomic E-state index is -0.996. The summed E-state index contributed by atoms with van der Waals surface area (Å²) in [6.07, 6.45) is 3.26. The summed E-state index contributed by atoms with van der Waals surface area (Å²) in [5.74, 6) is -0.316. The summed E-state index contributed by atoms with van der Waals surface area (Å²) in [4.78, 5) is 22.2. The zero-order valence-electron chi connectivity index (χ0n) is 13.5. The van der Waals surface area contributed by atoms with Crippen molar-refractivity contribution in [1.82, 2.24) is 0 Å². The fraction of sp³-hybridized carbons (Fsp3) is 0.412. The largest absolute Gasteiger partial charge is 0.483 e. The van der Waals surface area contributed by atoms with Gasteiger partial charge in [-0.2, -0.15) is 0 Å². The van der Waals surface area contributed by atoms with Crippen molar-refractivity contribution in [2.75, 3.05) is 5.32 Å². The number of nitrogens with one attached hydrogen (secondary N) is 1. The van der Waals surface area contributed by atoms with E-state index in [9.17, 15) is 9.59 Å². The highest BCUT2D eigenvalue weighted by atomic mass is 16.5. The zero-order valence-corrected chi connectivity index (χ0v) is 13.5. The van der Waals surface area contributed by atoms with E-state index in [4.69, 9.17) is 9.84 Å². The lowest BCUT2D eigenvalue weighted by Gasteiger charge is -2.20. The fourth-order valence-electron chi connectivity index (χ4n) is 2.86. The van der Waals surface area contributed by atoms with E-state index in [-0.39, 0.29) is 5.91 Å². The third-order valence-corrected chi connectivity index (χ3v) is 4.12. The fourth-order valence-corrected chi connectivity index (χ4v) is 2.86. The second-order valence-electron chi connectivity index (χ2n) is 6.00. The topological polar surface area (TPSA) is 75.6 Å². The molecule has 1 unspecified atom stereocenters. The van der Waals surface area contributed by atoms with Crippen LogP contribution in [0.1, 0.15) is 36.1 Å². The Morgan fingerprint density at radius 2 is 1.86 bits per heavy atom. The molecule has 5 heteroatoms. The first kappa shape index (κ1) is 16.1. The predicted octanol–water partition coefficient (Wildman–Crippen LogP) is 2.90. The van der Waals surface area contributed by atoms with Crippen molar-refractivity contribution in [3.05, 3.63) is 34.4 Å². The molecule has 2 N–H and O–H groups in total. The van der Waals surface area contributed by atoms with Gasteiger partial charge in [0.05, 0.1) is 0 Å². The number of carbonyl (C=O) groups is 2. The molecule has 1 aromatic carbocycles. The molecule has 1 aromatic rings. The molecule has 5 nitrogen and oxygen atoms in total. The van der Waals surface area contributed by atoms with E-state index >= 15 is 0 Å². The summed E-state index contributed by atoms with van der Waals surface area (Å²) in [6.45, 7) is 9.19. The lowest BCUT2D eigenvalue weighted by molar-refractivity contribution is -0.131. The summed E-state index contributed by atoms with van der Waals surface area (Å²) in [7, 11) is 0. The maximum atomic E-state index is 11.4. The van der Waals surface area contributed by atoms with Gasteiger partial charge in [-0.3, -0.25) is 4.79 Å². The van der Waals surface area contributed by atoms with Gasteiger partial charge in [-0.15, -0.1) is 0 Å². The van der Waals surface area contributed by atoms with Crippen LogP contribution in [-0.4, -0.2) is 22.6 Å². The van der Waals surface area contributed by atoms with Crippen molar-refractivity contribution in [2.24, 2.45) is 0 Å². The monoisotopic (exact) mass is 303 g/mol. The van der Waals surface area contributed by atoms with E-state index in [2.05, 4.69) is 5.32 Å². The summed E-state index contributed by atoms with van der Waals surface area (Å²) < 4.78 is 6.03. The molecule has 1 heterocycles. The second-order valence-corrected chi connectivity index (χ2v) is 6.00. The van der Waals surface area contributed by atoms with Crippen LogP contribution in [0.25, 0.3) is 0 Å². The molecule has 1 amide bonds. The van der Waals surface area contributed by atoms with E-state index in [0.29, 0.717) is 6.42 Å². The van der Waals surface area contributed by atoms with Gasteiger partial charge in [-0.05, 0) is 50.5 Å². The molecule has 118 valence electrons. The molecule has 1 atom stereocenters. The van der Waals surface area contributed by atoms with Crippen LogP contribution < -0.4 is 10.1 Å². The van der Waals surface area contributed by atoms with Crippen molar-refractivity contribution in [1.29, 1.82) is 0 Å². The second kappa shape index (κ2) is 5.48. The summed E-state index contributed by atoms with van der Waals surface area (Å²) in [5, 5.41) is 11.7. The Balaban J connectivity index is 2.50. The van der Waals surface area contributed by atoms with Crippen molar-refractivity contribution in [2.45, 2.75) is 46.6 Å². The number of carboxylic acids is 1. The lowest BCUT2D eigenvalue weighted by atomic mass is 9.91. The minimum Gasteiger partial charge on any atom is -0.483 e. The van der Waals surface area contributed by atoms with Crippen LogP contribution in [0.5, 0.6) is 5.75 Å². The van der Waals surface area contributed by atoms with Crippen LogP contribution >= 0.6 is 0 Å². The number of hydrogen-bond donors (Lipinski definition) is 2. The molecular formula is C17H21NO4. The number of carbonyl (C=O) groups excluding carboxylic acids is 1. The van der Waals surface area contributed by atoms with Crippen molar-refractivity contribution < 1.29 is 19.4 Å². The van der Waals surface area contributed by atoms with Crippen LogP contribution in [-0.2, 0) is 16.0 Å². The van der Waals surface area contributed by atoms with Gasteiger partial charge in [0.25, 0.3) is 0 Å². The van der Waals surface area contributed by atoms with E-state index in [1.807, 2.05) is 27.7 Å². The molecule has 0 aromatic heterocycles. The number of anilines is 1. The number of hydrogen-bond acceptors (Lipinski definition) is 3. The number of fused-ring (bicyclic) bond motifs is 1. The van der Waals surface area contributed by atoms with Crippen molar-refractivity contribution in [3.8, 4) is 5.75 Å². The Kier molecular flexibility index (Phi) is 4.00. The maximum Gasteiger partial charge on any atom is 0.328 e. The highest BCUT2D eigenvalue weighted by Gasteiger charge is 2.36. The number of carboxylic acid groups (broad SMARTS) is 1. The third-order valence-electron chi connectivity index (χ3n) is 4.12. The first-order chi connectivity index (χ1) is 10.1. The molecule has 1 aliphatic heterocycles. The van der Waals surface area contributed by atoms with E-state index < -0.39 is 11.6 Å². The standard InChI is InChI=1S/C17H21NO4/c1-9-10(2)16-13(11(3)15(9)18-12(4)19)8-17(5,22-16)7-6-14(20)21/h6-7H,8H2,1-5H3,(H,18,19)(H,20,21)/b7-6+. The van der Waals surface area contributed by atoms with Crippen LogP contribution in [0, 0.1) is 20.8 Å². The van der Waals surface area contributed by atoms with Crippen molar-refractivity contribution >= 4 is 17.6 Å². The van der Waals surface area contributed by atoms with Gasteiger partial charge in [-0.1, -0.05) is 0 Å². The lowest BCUT2D eigenvalue weighted by Crippen LogP contribution is -2.27. The Morgan fingerprint density at radius 1 is 1.23 bits per heavy atom. The molecule has 0 bridgehead atoms. The molecule has 0 fully saturated rings. The van der Waals surface area contributed by atoms with Gasteiger partial charge in [-0.25, -0.2) is 4.79 Å². The van der Waals surface area contributed by atoms with Crippen LogP contribution in [0.2, 0.25) is 0 Å². The Bertz CT molecular complexity index is 691. The van der Waals surface area contributed by atoms with Gasteiger partial charge < -0.3 is 15.2 Å². The highest BCUT2D eigenvalue weighted by Crippen LogP contribution is 2.44. The quantitative estimate of drug-likeness (QED) is 0.842. The molecular weight excluding hydrogens is 282 g/mol. The number of amides is 1. The zero-order chi connectivity index (χ0) is 16.7. The third kappa shape index (κ3) is 2.84. The van der Waals surface area contributed by atoms with Gasteiger partial charge in [0.2, 0.25) is 5.91 Å². The minimum absolute atomic E-state index is 0.113. The van der Waals surface area contributed by atoms with Gasteiger partial charge in [0, 0.05) is 30.7 Å². The molecule has 0 spiro atoms. The average Bonchev–Trinajstić information content (AvgIpc) is 2.78. The normalized spacial score (nSPS) is 19.9. The van der Waals surface area contributed by atoms with Crippen molar-refractivity contribution in [3.63, 3.8) is 0 Å². The Morgan fingerprint density at radius 3 is 2.41 bits per heavy atom. The summed E-state index contributed by atoms with van der Waals surface area (Å²) in [5.41, 5.74) is 4.07. The van der Waals surface area contributed by atoms with Gasteiger partial charge >= 0.3 is 5.97 Å². The SMILES string of the molecule is CC(=O)Nc1c(C)c(C)c2c(c1C)CC(C)(/C=C/C(=O)O)O2. The van der Waals surface area contributed by atoms with E-state index in [1.54, 1.807) is 6.08 Å². The Labute approximate surface area is 130 Å². The molecule has 2 rings (SSSR count). The molecule has 1 aliphatic rings. The summed E-state index contributed by atoms with van der Waals surface area (Å²) in [6, 6.07) is 0. The predicted molar refractivity (Wildman–Crippen MR) is 84.5 cm³/mol. The number of ether oxygens (including phenoxy) is 1. The number of aliphatic carboxylic acids is 1. The average molecular weight is 303 g/mol. The molecule has 0 saturated heterocycles. The van der Waals surface area contributed by atoms with E-state index in [1.165, 1.54) is 6.92 Å². The van der Waals surface area contributed by atoms with Crippen LogP contribution in [0.4, 0.5) is 5.69 Å². The maximum absolute atomic E-state index is 11.4. The number of rotatable bonds is 3. The highest BCUT2D eigenvalue weighted by molar-refractivity contribution is 5.91. The summed E-state index contributed by atoms with van der Waals surface area (Å²) >= 11 is 0. The van der Waals surface area contributed by atoms with E-state index in [0.717, 1.165) is 39.8 Å². The number of benzene rings is 1. The molecule has 22 heavy (non-hydrogen) atoms. The molecule has 0 saturated carbocycles. The molecule has 0 radical (unpaired) electrons. The first-order valence-electron chi connectivity index (χ1n) is 7.16. The molecule has 0 aliphatic carbocycles. The van der Waals surface area contributed by atoms with Crippen LogP contribution in [0.3, 0.4) is 0 Å². The van der Waals surface area contributed by atoms with Gasteiger partial charge in [0.15, 0.2) is 0 Å². The Hall–Kier alpha value is -2.30. The van der Waals surface area contributed by atoms with Crippen LogP contribution in [0.15, 0.2) is 12.2 Å². The first-order valence-corrected chi connectivity index (χ1v) is 7.16. The van der Waals surface area contributed by atoms with Gasteiger partial charge in [0.1, 0.15) is 11.4 Å².